The molecule has 2 heterocycles. The molecule has 10 nitrogen and oxygen atoms in total. The summed E-state index contributed by atoms with van der Waals surface area (Å²) in [7, 11) is 0. The third-order valence-electron chi connectivity index (χ3n) is 5.61. The van der Waals surface area contributed by atoms with E-state index in [0.29, 0.717) is 16.8 Å². The number of rotatable bonds is 8. The molecule has 14 heteroatoms. The summed E-state index contributed by atoms with van der Waals surface area (Å²) in [6.07, 6.45) is -5.28. The lowest BCUT2D eigenvalue weighted by molar-refractivity contribution is -0.166. The molecule has 1 aliphatic heterocycles. The van der Waals surface area contributed by atoms with Crippen LogP contribution in [0.15, 0.2) is 35.3 Å². The lowest BCUT2D eigenvalue weighted by Gasteiger charge is -2.21. The second-order valence-electron chi connectivity index (χ2n) is 8.24. The van der Waals surface area contributed by atoms with E-state index in [2.05, 4.69) is 10.6 Å². The van der Waals surface area contributed by atoms with Crippen molar-refractivity contribution in [2.45, 2.75) is 38.8 Å². The van der Waals surface area contributed by atoms with E-state index in [0.717, 1.165) is 0 Å². The summed E-state index contributed by atoms with van der Waals surface area (Å²) >= 11 is 5.89. The first-order valence-electron chi connectivity index (χ1n) is 11.1. The molecule has 4 N–H and O–H groups in total. The molecule has 0 radical (unpaired) electrons. The van der Waals surface area contributed by atoms with E-state index < -0.39 is 59.0 Å². The van der Waals surface area contributed by atoms with Crippen LogP contribution in [0.25, 0.3) is 0 Å². The minimum Gasteiger partial charge on any atom is -0.435 e. The number of nitrogen functional groups attached to an aromatic ring is 1. The van der Waals surface area contributed by atoms with E-state index in [1.54, 1.807) is 6.92 Å². The van der Waals surface area contributed by atoms with E-state index in [1.807, 2.05) is 0 Å². The van der Waals surface area contributed by atoms with E-state index in [9.17, 15) is 32.3 Å². The fraction of sp³-hybridized carbons (Fsp3) is 0.391. The van der Waals surface area contributed by atoms with Gasteiger partial charge in [0.1, 0.15) is 11.7 Å². The summed E-state index contributed by atoms with van der Waals surface area (Å²) in [5.74, 6) is -2.72. The lowest BCUT2D eigenvalue weighted by Crippen LogP contribution is -2.40. The Balaban J connectivity index is 1.85. The highest BCUT2D eigenvalue weighted by atomic mass is 35.5. The monoisotopic (exact) mass is 544 g/mol. The highest BCUT2D eigenvalue weighted by molar-refractivity contribution is 6.33. The number of carbonyl (C=O) groups is 3. The fourth-order valence-electron chi connectivity index (χ4n) is 3.59. The average Bonchev–Trinajstić information content (AvgIpc) is 3.18. The Hall–Kier alpha value is -3.58. The van der Waals surface area contributed by atoms with Crippen molar-refractivity contribution in [1.82, 2.24) is 9.88 Å². The van der Waals surface area contributed by atoms with Crippen LogP contribution in [-0.2, 0) is 25.2 Å². The second-order valence-corrected chi connectivity index (χ2v) is 8.65. The number of pyridine rings is 1. The maximum atomic E-state index is 13.6. The summed E-state index contributed by atoms with van der Waals surface area (Å²) in [6.45, 7) is 3.10. The maximum Gasteiger partial charge on any atom is 0.417 e. The van der Waals surface area contributed by atoms with Gasteiger partial charge in [-0.25, -0.2) is 0 Å². The standard InChI is InChI=1S/C23H24ClF3N4O6/c1-3-36-22-13(7-18(32)37-22)9-29-19(33)11(2)31-10-14(23(25,26)27)8-17(21(31)35)30-20(34)12-4-5-16(28)15(24)6-12/h4-6,8,10-11,13,22H,3,7,9,28H2,1-2H3,(H,29,33)(H,30,34)/t11?,13-,22+/m1/s1. The van der Waals surface area contributed by atoms with Crippen LogP contribution in [-0.4, -0.2) is 41.8 Å². The third-order valence-corrected chi connectivity index (χ3v) is 5.94. The predicted octanol–water partition coefficient (Wildman–Crippen LogP) is 2.96. The molecule has 200 valence electrons. The second kappa shape index (κ2) is 11.2. The number of nitrogens with zero attached hydrogens (tertiary/aromatic N) is 1. The number of halogens is 4. The molecule has 1 saturated heterocycles. The van der Waals surface area contributed by atoms with E-state index in [4.69, 9.17) is 26.8 Å². The van der Waals surface area contributed by atoms with E-state index >= 15 is 0 Å². The van der Waals surface area contributed by atoms with Gasteiger partial charge in [-0.1, -0.05) is 11.6 Å². The van der Waals surface area contributed by atoms with Gasteiger partial charge in [0.2, 0.25) is 12.2 Å². The van der Waals surface area contributed by atoms with Crippen molar-refractivity contribution in [3.63, 3.8) is 0 Å². The first kappa shape index (κ1) is 28.0. The quantitative estimate of drug-likeness (QED) is 0.342. The minimum absolute atomic E-state index is 0.0197. The summed E-state index contributed by atoms with van der Waals surface area (Å²) in [4.78, 5) is 49.9. The average molecular weight is 545 g/mol. The van der Waals surface area contributed by atoms with E-state index in [-0.39, 0.29) is 35.8 Å². The van der Waals surface area contributed by atoms with Gasteiger partial charge in [0.15, 0.2) is 0 Å². The topological polar surface area (TPSA) is 142 Å². The van der Waals surface area contributed by atoms with Crippen molar-refractivity contribution in [3.05, 3.63) is 57.0 Å². The third kappa shape index (κ3) is 6.60. The van der Waals surface area contributed by atoms with Crippen LogP contribution in [0.4, 0.5) is 24.5 Å². The van der Waals surface area contributed by atoms with Crippen LogP contribution in [0.2, 0.25) is 5.02 Å². The number of hydrogen-bond donors (Lipinski definition) is 3. The van der Waals surface area contributed by atoms with Crippen molar-refractivity contribution in [3.8, 4) is 0 Å². The van der Waals surface area contributed by atoms with E-state index in [1.165, 1.54) is 25.1 Å². The fourth-order valence-corrected chi connectivity index (χ4v) is 3.77. The number of amides is 2. The van der Waals surface area contributed by atoms with Gasteiger partial charge in [0.25, 0.3) is 11.5 Å². The van der Waals surface area contributed by atoms with Crippen molar-refractivity contribution < 1.29 is 37.0 Å². The number of alkyl halides is 3. The zero-order valence-electron chi connectivity index (χ0n) is 19.7. The smallest absolute Gasteiger partial charge is 0.417 e. The molecule has 3 rings (SSSR count). The maximum absolute atomic E-state index is 13.6. The number of benzene rings is 1. The van der Waals surface area contributed by atoms with Crippen LogP contribution >= 0.6 is 11.6 Å². The van der Waals surface area contributed by atoms with Crippen molar-refractivity contribution in [2.24, 2.45) is 5.92 Å². The molecule has 1 aliphatic rings. The van der Waals surface area contributed by atoms with Gasteiger partial charge in [-0.3, -0.25) is 19.2 Å². The molecule has 0 aliphatic carbocycles. The van der Waals surface area contributed by atoms with Gasteiger partial charge in [-0.05, 0) is 38.1 Å². The predicted molar refractivity (Wildman–Crippen MR) is 127 cm³/mol. The molecule has 0 saturated carbocycles. The first-order valence-corrected chi connectivity index (χ1v) is 11.5. The van der Waals surface area contributed by atoms with Crippen LogP contribution < -0.4 is 21.9 Å². The Morgan fingerprint density at radius 2 is 2.00 bits per heavy atom. The molecule has 0 bridgehead atoms. The van der Waals surface area contributed by atoms with Crippen LogP contribution in [0.3, 0.4) is 0 Å². The highest BCUT2D eigenvalue weighted by Crippen LogP contribution is 2.31. The zero-order chi connectivity index (χ0) is 27.5. The first-order chi connectivity index (χ1) is 17.3. The number of cyclic esters (lactones) is 1. The van der Waals surface area contributed by atoms with Crippen LogP contribution in [0.5, 0.6) is 0 Å². The molecule has 3 atom stereocenters. The SMILES string of the molecule is CCO[C@H]1OC(=O)C[C@@H]1CNC(=O)C(C)n1cc(C(F)(F)F)cc(NC(=O)c2ccc(N)c(Cl)c2)c1=O. The Bertz CT molecular complexity index is 1270. The molecule has 1 fully saturated rings. The lowest BCUT2D eigenvalue weighted by atomic mass is 10.1. The number of carbonyl (C=O) groups excluding carboxylic acids is 3. The Kier molecular flexibility index (Phi) is 8.49. The molecular formula is C23H24ClF3N4O6. The minimum atomic E-state index is -4.89. The summed E-state index contributed by atoms with van der Waals surface area (Å²) in [5.41, 5.74) is 2.73. The summed E-state index contributed by atoms with van der Waals surface area (Å²) in [6, 6.07) is 2.88. The number of nitrogens with two attached hydrogens (primary N) is 1. The molecule has 1 unspecified atom stereocenters. The summed E-state index contributed by atoms with van der Waals surface area (Å²) < 4.78 is 51.7. The number of aromatic nitrogens is 1. The Morgan fingerprint density at radius 3 is 2.62 bits per heavy atom. The number of ether oxygens (including phenoxy) is 2. The normalized spacial score (nSPS) is 18.3. The zero-order valence-corrected chi connectivity index (χ0v) is 20.5. The van der Waals surface area contributed by atoms with Gasteiger partial charge in [0, 0.05) is 30.8 Å². The van der Waals surface area contributed by atoms with Gasteiger partial charge < -0.3 is 30.4 Å². The van der Waals surface area contributed by atoms with Gasteiger partial charge >= 0.3 is 12.1 Å². The molecular weight excluding hydrogens is 521 g/mol. The van der Waals surface area contributed by atoms with Gasteiger partial charge in [-0.15, -0.1) is 0 Å². The molecule has 2 aromatic rings. The van der Waals surface area contributed by atoms with Crippen molar-refractivity contribution in [1.29, 1.82) is 0 Å². The van der Waals surface area contributed by atoms with Gasteiger partial charge in [0.05, 0.1) is 22.7 Å². The number of hydrogen-bond acceptors (Lipinski definition) is 7. The van der Waals surface area contributed by atoms with Crippen molar-refractivity contribution >= 4 is 40.8 Å². The Labute approximate surface area is 213 Å². The molecule has 1 aromatic carbocycles. The molecule has 1 aromatic heterocycles. The molecule has 37 heavy (non-hydrogen) atoms. The summed E-state index contributed by atoms with van der Waals surface area (Å²) in [5, 5.41) is 4.70. The number of nitrogens with one attached hydrogen (secondary N) is 2. The number of esters is 1. The van der Waals surface area contributed by atoms with Gasteiger partial charge in [-0.2, -0.15) is 13.2 Å². The highest BCUT2D eigenvalue weighted by Gasteiger charge is 2.36. The Morgan fingerprint density at radius 1 is 1.30 bits per heavy atom. The molecule has 2 amide bonds. The number of anilines is 2. The largest absolute Gasteiger partial charge is 0.435 e. The van der Waals surface area contributed by atoms with Crippen molar-refractivity contribution in [2.75, 3.05) is 24.2 Å². The van der Waals surface area contributed by atoms with Crippen LogP contribution in [0, 0.1) is 5.92 Å². The molecule has 0 spiro atoms. The van der Waals surface area contributed by atoms with Crippen LogP contribution in [0.1, 0.15) is 42.2 Å².